The van der Waals surface area contributed by atoms with Crippen LogP contribution in [0.15, 0.2) is 24.3 Å². The Morgan fingerprint density at radius 2 is 1.86 bits per heavy atom. The minimum Gasteiger partial charge on any atom is -0.462 e. The Labute approximate surface area is 140 Å². The fraction of sp³-hybridized carbons (Fsp3) is 0.533. The summed E-state index contributed by atoms with van der Waals surface area (Å²) in [7, 11) is 0. The van der Waals surface area contributed by atoms with Crippen LogP contribution in [0.3, 0.4) is 0 Å². The van der Waals surface area contributed by atoms with Gasteiger partial charge < -0.3 is 4.74 Å². The summed E-state index contributed by atoms with van der Waals surface area (Å²) in [6.45, 7) is 0.135. The van der Waals surface area contributed by atoms with Crippen LogP contribution < -0.4 is 0 Å². The van der Waals surface area contributed by atoms with Crippen molar-refractivity contribution in [2.24, 2.45) is 0 Å². The van der Waals surface area contributed by atoms with Gasteiger partial charge in [-0.15, -0.1) is 0 Å². The molecular formula is C15H17F4IO2. The predicted octanol–water partition coefficient (Wildman–Crippen LogP) is 5.30. The lowest BCUT2D eigenvalue weighted by Crippen LogP contribution is -2.11. The van der Waals surface area contributed by atoms with Crippen LogP contribution in [0, 0.1) is 5.82 Å². The highest BCUT2D eigenvalue weighted by atomic mass is 127. The highest BCUT2D eigenvalue weighted by Gasteiger charge is 2.27. The molecule has 1 unspecified atom stereocenters. The molecule has 1 aromatic carbocycles. The quantitative estimate of drug-likeness (QED) is 0.183. The number of carbonyl (C=O) groups is 1. The van der Waals surface area contributed by atoms with Crippen LogP contribution in [0.2, 0.25) is 0 Å². The van der Waals surface area contributed by atoms with Gasteiger partial charge in [0.05, 0.1) is 12.2 Å². The maximum Gasteiger partial charge on any atom is 0.389 e. The number of benzene rings is 1. The lowest BCUT2D eigenvalue weighted by atomic mass is 10.1. The lowest BCUT2D eigenvalue weighted by molar-refractivity contribution is -0.135. The zero-order chi connectivity index (χ0) is 16.6. The molecule has 0 aliphatic rings. The van der Waals surface area contributed by atoms with Crippen LogP contribution in [-0.4, -0.2) is 22.7 Å². The van der Waals surface area contributed by atoms with Gasteiger partial charge in [0.1, 0.15) is 5.82 Å². The molecule has 2 nitrogen and oxygen atoms in total. The topological polar surface area (TPSA) is 26.3 Å². The van der Waals surface area contributed by atoms with E-state index in [-0.39, 0.29) is 22.5 Å². The molecule has 0 aliphatic heterocycles. The highest BCUT2D eigenvalue weighted by Crippen LogP contribution is 2.26. The van der Waals surface area contributed by atoms with Gasteiger partial charge in [-0.1, -0.05) is 34.7 Å². The van der Waals surface area contributed by atoms with Crippen LogP contribution in [0.1, 0.15) is 42.5 Å². The summed E-state index contributed by atoms with van der Waals surface area (Å²) in [5.41, 5.74) is -0.112. The molecule has 0 heterocycles. The van der Waals surface area contributed by atoms with Crippen molar-refractivity contribution in [2.45, 2.75) is 42.2 Å². The number of carbonyl (C=O) groups excluding carboxylic acids is 1. The second-order valence-electron chi connectivity index (χ2n) is 4.86. The minimum atomic E-state index is -4.11. The fourth-order valence-corrected chi connectivity index (χ4v) is 2.55. The first-order chi connectivity index (χ1) is 10.3. The normalized spacial score (nSPS) is 13.0. The van der Waals surface area contributed by atoms with Gasteiger partial charge in [-0.2, -0.15) is 13.2 Å². The average molecular weight is 432 g/mol. The molecule has 0 amide bonds. The Hall–Kier alpha value is -0.860. The largest absolute Gasteiger partial charge is 0.462 e. The Morgan fingerprint density at radius 3 is 2.50 bits per heavy atom. The molecule has 0 saturated carbocycles. The van der Waals surface area contributed by atoms with Gasteiger partial charge in [0, 0.05) is 10.3 Å². The number of alkyl halides is 4. The number of esters is 1. The van der Waals surface area contributed by atoms with Gasteiger partial charge in [0.25, 0.3) is 0 Å². The molecule has 0 fully saturated rings. The van der Waals surface area contributed by atoms with Gasteiger partial charge in [-0.05, 0) is 37.8 Å². The molecule has 0 bridgehead atoms. The molecule has 7 heteroatoms. The number of unbranched alkanes of at least 4 members (excludes halogenated alkanes) is 1. The standard InChI is InChI=1S/C15H17F4IO2/c16-13-7-2-1-6-12(13)14(21)22-10-4-3-5-11(20)8-9-15(17,18)19/h1-2,6-7,11H,3-5,8-10H2. The van der Waals surface area contributed by atoms with Crippen LogP contribution in [-0.2, 0) is 4.74 Å². The number of hydrogen-bond donors (Lipinski definition) is 0. The molecule has 0 N–H and O–H groups in total. The zero-order valence-electron chi connectivity index (χ0n) is 11.8. The van der Waals surface area contributed by atoms with Crippen molar-refractivity contribution >= 4 is 28.6 Å². The summed E-state index contributed by atoms with van der Waals surface area (Å²) in [5, 5.41) is 0. The number of rotatable bonds is 8. The second-order valence-corrected chi connectivity index (χ2v) is 6.62. The van der Waals surface area contributed by atoms with Crippen molar-refractivity contribution in [3.05, 3.63) is 35.6 Å². The monoisotopic (exact) mass is 432 g/mol. The van der Waals surface area contributed by atoms with E-state index in [1.54, 1.807) is 6.07 Å². The average Bonchev–Trinajstić information content (AvgIpc) is 2.44. The van der Waals surface area contributed by atoms with Crippen molar-refractivity contribution in [3.8, 4) is 0 Å². The molecular weight excluding hydrogens is 415 g/mol. The molecule has 0 aromatic heterocycles. The third kappa shape index (κ3) is 7.95. The first-order valence-electron chi connectivity index (χ1n) is 6.92. The maximum atomic E-state index is 13.3. The summed E-state index contributed by atoms with van der Waals surface area (Å²) in [6, 6.07) is 5.54. The first-order valence-corrected chi connectivity index (χ1v) is 8.16. The molecule has 0 spiro atoms. The number of hydrogen-bond acceptors (Lipinski definition) is 2. The highest BCUT2D eigenvalue weighted by molar-refractivity contribution is 14.1. The van der Waals surface area contributed by atoms with E-state index in [0.29, 0.717) is 19.3 Å². The molecule has 0 aliphatic carbocycles. The number of halogens is 5. The van der Waals surface area contributed by atoms with E-state index in [1.165, 1.54) is 18.2 Å². The smallest absolute Gasteiger partial charge is 0.389 e. The molecule has 0 radical (unpaired) electrons. The summed E-state index contributed by atoms with van der Waals surface area (Å²) in [4.78, 5) is 11.6. The fourth-order valence-electron chi connectivity index (χ4n) is 1.80. The Morgan fingerprint density at radius 1 is 1.18 bits per heavy atom. The van der Waals surface area contributed by atoms with Crippen LogP contribution in [0.4, 0.5) is 17.6 Å². The van der Waals surface area contributed by atoms with Crippen molar-refractivity contribution in [3.63, 3.8) is 0 Å². The summed E-state index contributed by atoms with van der Waals surface area (Å²) in [6.07, 6.45) is -2.95. The molecule has 0 saturated heterocycles. The van der Waals surface area contributed by atoms with Gasteiger partial charge in [0.2, 0.25) is 0 Å². The Kier molecular flexibility index (Phi) is 8.13. The minimum absolute atomic E-state index is 0.0542. The van der Waals surface area contributed by atoms with Crippen molar-refractivity contribution in [1.82, 2.24) is 0 Å². The number of ether oxygens (including phenoxy) is 1. The van der Waals surface area contributed by atoms with Crippen molar-refractivity contribution in [1.29, 1.82) is 0 Å². The second kappa shape index (κ2) is 9.32. The van der Waals surface area contributed by atoms with E-state index in [9.17, 15) is 22.4 Å². The van der Waals surface area contributed by atoms with Crippen LogP contribution in [0.25, 0.3) is 0 Å². The van der Waals surface area contributed by atoms with E-state index in [2.05, 4.69) is 0 Å². The van der Waals surface area contributed by atoms with E-state index >= 15 is 0 Å². The molecule has 1 aromatic rings. The summed E-state index contributed by atoms with van der Waals surface area (Å²) >= 11 is 2.00. The van der Waals surface area contributed by atoms with E-state index in [1.807, 2.05) is 22.6 Å². The SMILES string of the molecule is O=C(OCCCCC(I)CCC(F)(F)F)c1ccccc1F. The first kappa shape index (κ1) is 19.2. The molecule has 124 valence electrons. The Bertz CT molecular complexity index is 477. The van der Waals surface area contributed by atoms with Crippen molar-refractivity contribution < 1.29 is 27.1 Å². The summed E-state index contributed by atoms with van der Waals surface area (Å²) in [5.74, 6) is -1.35. The molecule has 22 heavy (non-hydrogen) atoms. The van der Waals surface area contributed by atoms with E-state index < -0.39 is 24.4 Å². The predicted molar refractivity (Wildman–Crippen MR) is 83.6 cm³/mol. The van der Waals surface area contributed by atoms with E-state index in [0.717, 1.165) is 0 Å². The molecule has 1 rings (SSSR count). The van der Waals surface area contributed by atoms with Gasteiger partial charge in [-0.3, -0.25) is 0 Å². The van der Waals surface area contributed by atoms with Crippen molar-refractivity contribution in [2.75, 3.05) is 6.61 Å². The lowest BCUT2D eigenvalue weighted by Gasteiger charge is -2.11. The van der Waals surface area contributed by atoms with Crippen LogP contribution in [0.5, 0.6) is 0 Å². The summed E-state index contributed by atoms with van der Waals surface area (Å²) < 4.78 is 54.3. The third-order valence-electron chi connectivity index (χ3n) is 2.98. The maximum absolute atomic E-state index is 13.3. The Balaban J connectivity index is 2.15. The van der Waals surface area contributed by atoms with E-state index in [4.69, 9.17) is 4.74 Å². The van der Waals surface area contributed by atoms with Gasteiger partial charge in [-0.25, -0.2) is 9.18 Å². The zero-order valence-corrected chi connectivity index (χ0v) is 14.0. The van der Waals surface area contributed by atoms with Gasteiger partial charge >= 0.3 is 12.1 Å². The van der Waals surface area contributed by atoms with Crippen LogP contribution >= 0.6 is 22.6 Å². The molecule has 1 atom stereocenters. The van der Waals surface area contributed by atoms with Gasteiger partial charge in [0.15, 0.2) is 0 Å². The third-order valence-corrected chi connectivity index (χ3v) is 4.23.